The highest BCUT2D eigenvalue weighted by molar-refractivity contribution is 7.04. The number of nitrogens with zero attached hydrogens (tertiary/aromatic N) is 1. The molecule has 1 fully saturated rings. The van der Waals surface area contributed by atoms with Crippen molar-refractivity contribution < 1.29 is 9.21 Å². The molecule has 2 heterocycles. The summed E-state index contributed by atoms with van der Waals surface area (Å²) < 4.78 is 8.42. The first-order chi connectivity index (χ1) is 13.2. The van der Waals surface area contributed by atoms with Crippen LogP contribution >= 0.6 is 0 Å². The van der Waals surface area contributed by atoms with Gasteiger partial charge in [0.25, 0.3) is 0 Å². The highest BCUT2D eigenvalue weighted by Gasteiger charge is 2.47. The van der Waals surface area contributed by atoms with Gasteiger partial charge < -0.3 is 8.65 Å². The van der Waals surface area contributed by atoms with Gasteiger partial charge in [-0.05, 0) is 48.5 Å². The van der Waals surface area contributed by atoms with Crippen molar-refractivity contribution in [1.82, 2.24) is 0 Å². The Morgan fingerprint density at radius 2 is 1.54 bits per heavy atom. The maximum absolute atomic E-state index is 12.9. The number of benzene rings is 2. The van der Waals surface area contributed by atoms with Gasteiger partial charge in [0.15, 0.2) is 11.2 Å². The summed E-state index contributed by atoms with van der Waals surface area (Å²) in [5.41, 5.74) is 2.01. The Morgan fingerprint density at radius 1 is 0.929 bits per heavy atom. The Labute approximate surface area is 167 Å². The lowest BCUT2D eigenvalue weighted by atomic mass is 10.1. The lowest BCUT2D eigenvalue weighted by Gasteiger charge is -2.41. The molecule has 1 aromatic heterocycles. The third-order valence-electron chi connectivity index (χ3n) is 5.81. The van der Waals surface area contributed by atoms with Crippen LogP contribution in [0.4, 0.5) is 5.69 Å². The first-order valence-electron chi connectivity index (χ1n) is 9.67. The molecule has 0 saturated carbocycles. The van der Waals surface area contributed by atoms with Crippen LogP contribution in [-0.2, 0) is 0 Å². The summed E-state index contributed by atoms with van der Waals surface area (Å²) in [7, 11) is -2.88. The van der Waals surface area contributed by atoms with E-state index in [-0.39, 0.29) is 17.0 Å². The van der Waals surface area contributed by atoms with Crippen LogP contribution in [0.1, 0.15) is 16.1 Å². The average molecular weight is 408 g/mol. The molecule has 2 aromatic carbocycles. The van der Waals surface area contributed by atoms with E-state index in [9.17, 15) is 9.59 Å². The Morgan fingerprint density at radius 3 is 2.18 bits per heavy atom. The van der Waals surface area contributed by atoms with Crippen molar-refractivity contribution in [2.75, 3.05) is 4.23 Å². The van der Waals surface area contributed by atoms with E-state index in [1.54, 1.807) is 24.3 Å². The van der Waals surface area contributed by atoms with Gasteiger partial charge in [0.05, 0.1) is 5.39 Å². The molecule has 28 heavy (non-hydrogen) atoms. The van der Waals surface area contributed by atoms with E-state index in [1.165, 1.54) is 23.8 Å². The van der Waals surface area contributed by atoms with Gasteiger partial charge in [-0.25, -0.2) is 0 Å². The summed E-state index contributed by atoms with van der Waals surface area (Å²) >= 11 is 0. The molecule has 0 N–H and O–H groups in total. The number of rotatable bonds is 3. The van der Waals surface area contributed by atoms with Crippen molar-refractivity contribution in [3.63, 3.8) is 0 Å². The zero-order valence-corrected chi connectivity index (χ0v) is 18.8. The SMILES string of the molecule is C[Si]1(C)CC[Si](C)(C)N1c1ccc(C(=O)c2cc(=O)c3ccccc3o2)cc1. The molecule has 3 aromatic rings. The summed E-state index contributed by atoms with van der Waals surface area (Å²) in [6.45, 7) is 9.71. The van der Waals surface area contributed by atoms with E-state index in [1.807, 2.05) is 12.1 Å². The number of carbonyl (C=O) groups is 1. The van der Waals surface area contributed by atoms with Crippen molar-refractivity contribution >= 4 is 38.9 Å². The Hall–Kier alpha value is -2.45. The topological polar surface area (TPSA) is 50.5 Å². The Balaban J connectivity index is 1.68. The van der Waals surface area contributed by atoms with Gasteiger partial charge in [-0.3, -0.25) is 9.59 Å². The van der Waals surface area contributed by atoms with Crippen molar-refractivity contribution in [2.45, 2.75) is 38.3 Å². The summed E-state index contributed by atoms with van der Waals surface area (Å²) in [4.78, 5) is 25.2. The summed E-state index contributed by atoms with van der Waals surface area (Å²) in [6, 6.07) is 18.8. The number of hydrogen-bond acceptors (Lipinski definition) is 4. The summed E-state index contributed by atoms with van der Waals surface area (Å²) in [5, 5.41) is 0.489. The Kier molecular flexibility index (Phi) is 4.43. The first kappa shape index (κ1) is 18.9. The van der Waals surface area contributed by atoms with Crippen LogP contribution < -0.4 is 9.66 Å². The van der Waals surface area contributed by atoms with Crippen molar-refractivity contribution in [1.29, 1.82) is 0 Å². The quantitative estimate of drug-likeness (QED) is 0.439. The fourth-order valence-corrected chi connectivity index (χ4v) is 18.7. The fraction of sp³-hybridized carbons (Fsp3) is 0.273. The molecule has 0 unspecified atom stereocenters. The molecule has 1 saturated heterocycles. The third-order valence-corrected chi connectivity index (χ3v) is 15.8. The molecular formula is C22H25NO3Si2. The molecule has 0 bridgehead atoms. The van der Waals surface area contributed by atoms with Crippen molar-refractivity contribution in [2.24, 2.45) is 0 Å². The number of hydrogen-bond donors (Lipinski definition) is 0. The zero-order chi connectivity index (χ0) is 20.1. The standard InChI is InChI=1S/C22H25NO3Si2/c1-27(2)13-14-28(3,4)23(27)17-11-9-16(10-12-17)22(25)21-15-19(24)18-7-5-6-8-20(18)26-21/h5-12,15H,13-14H2,1-4H3. The van der Waals surface area contributed by atoms with Gasteiger partial charge in [-0.2, -0.15) is 0 Å². The van der Waals surface area contributed by atoms with Crippen molar-refractivity contribution in [3.8, 4) is 0 Å². The van der Waals surface area contributed by atoms with Crippen LogP contribution in [0, 0.1) is 0 Å². The van der Waals surface area contributed by atoms with Crippen LogP contribution in [-0.4, -0.2) is 22.3 Å². The molecule has 4 rings (SSSR count). The number of para-hydroxylation sites is 1. The molecule has 0 aliphatic carbocycles. The van der Waals surface area contributed by atoms with Crippen LogP contribution in [0.2, 0.25) is 38.3 Å². The van der Waals surface area contributed by atoms with Gasteiger partial charge in [0.1, 0.15) is 22.1 Å². The number of fused-ring (bicyclic) bond motifs is 1. The minimum absolute atomic E-state index is 0.0852. The van der Waals surface area contributed by atoms with E-state index >= 15 is 0 Å². The smallest absolute Gasteiger partial charge is 0.228 e. The van der Waals surface area contributed by atoms with Crippen LogP contribution in [0.5, 0.6) is 0 Å². The van der Waals surface area contributed by atoms with Gasteiger partial charge in [0, 0.05) is 17.3 Å². The minimum Gasteiger partial charge on any atom is -0.452 e. The number of anilines is 1. The van der Waals surface area contributed by atoms with Gasteiger partial charge in [-0.15, -0.1) is 0 Å². The minimum atomic E-state index is -1.44. The van der Waals surface area contributed by atoms with Gasteiger partial charge >= 0.3 is 0 Å². The van der Waals surface area contributed by atoms with Crippen LogP contribution in [0.3, 0.4) is 0 Å². The second kappa shape index (κ2) is 6.56. The fourth-order valence-electron chi connectivity index (χ4n) is 4.47. The second-order valence-corrected chi connectivity index (χ2v) is 18.4. The third kappa shape index (κ3) is 3.16. The lowest BCUT2D eigenvalue weighted by Crippen LogP contribution is -2.55. The summed E-state index contributed by atoms with van der Waals surface area (Å²) in [6.07, 6.45) is 0. The predicted octanol–water partition coefficient (Wildman–Crippen LogP) is 5.25. The van der Waals surface area contributed by atoms with E-state index < -0.39 is 16.5 Å². The maximum Gasteiger partial charge on any atom is 0.228 e. The lowest BCUT2D eigenvalue weighted by molar-refractivity contribution is 0.101. The first-order valence-corrected chi connectivity index (χ1v) is 16.0. The van der Waals surface area contributed by atoms with Crippen LogP contribution in [0.15, 0.2) is 63.8 Å². The van der Waals surface area contributed by atoms with Crippen LogP contribution in [0.25, 0.3) is 11.0 Å². The Bertz CT molecular complexity index is 1100. The van der Waals surface area contributed by atoms with Gasteiger partial charge in [0.2, 0.25) is 5.78 Å². The highest BCUT2D eigenvalue weighted by Crippen LogP contribution is 2.40. The highest BCUT2D eigenvalue weighted by atomic mass is 28.4. The molecule has 1 aliphatic rings. The van der Waals surface area contributed by atoms with E-state index in [2.05, 4.69) is 42.6 Å². The molecule has 6 heteroatoms. The number of carbonyl (C=O) groups excluding carboxylic acids is 1. The summed E-state index contributed by atoms with van der Waals surface area (Å²) in [5.74, 6) is -0.175. The van der Waals surface area contributed by atoms with Crippen molar-refractivity contribution in [3.05, 3.63) is 76.1 Å². The van der Waals surface area contributed by atoms with E-state index in [0.717, 1.165) is 0 Å². The van der Waals surface area contributed by atoms with E-state index in [4.69, 9.17) is 4.42 Å². The molecule has 0 radical (unpaired) electrons. The molecule has 0 spiro atoms. The molecule has 4 nitrogen and oxygen atoms in total. The van der Waals surface area contributed by atoms with E-state index in [0.29, 0.717) is 16.5 Å². The molecule has 144 valence electrons. The monoisotopic (exact) mass is 407 g/mol. The molecule has 0 amide bonds. The normalized spacial score (nSPS) is 17.8. The average Bonchev–Trinajstić information content (AvgIpc) is 2.89. The maximum atomic E-state index is 12.9. The second-order valence-electron chi connectivity index (χ2n) is 8.81. The number of ketones is 1. The predicted molar refractivity (Wildman–Crippen MR) is 119 cm³/mol. The largest absolute Gasteiger partial charge is 0.452 e. The van der Waals surface area contributed by atoms with Gasteiger partial charge in [-0.1, -0.05) is 38.3 Å². The molecule has 1 aliphatic heterocycles. The molecular weight excluding hydrogens is 382 g/mol. The zero-order valence-electron chi connectivity index (χ0n) is 16.8. The molecule has 0 atom stereocenters.